The third-order valence-electron chi connectivity index (χ3n) is 1.93. The maximum absolute atomic E-state index is 7.26. The minimum Gasteiger partial charge on any atom is -0.475 e. The summed E-state index contributed by atoms with van der Waals surface area (Å²) in [7, 11) is 0. The first kappa shape index (κ1) is 13.4. The molecule has 1 rings (SSSR count). The molecule has 3 N–H and O–H groups in total. The highest BCUT2D eigenvalue weighted by atomic mass is 16.5. The Morgan fingerprint density at radius 1 is 1.41 bits per heavy atom. The van der Waals surface area contributed by atoms with Crippen LogP contribution in [-0.4, -0.2) is 30.6 Å². The van der Waals surface area contributed by atoms with E-state index in [1.807, 2.05) is 0 Å². The predicted molar refractivity (Wildman–Crippen MR) is 66.4 cm³/mol. The van der Waals surface area contributed by atoms with Crippen molar-refractivity contribution in [3.63, 3.8) is 0 Å². The van der Waals surface area contributed by atoms with Gasteiger partial charge in [0.1, 0.15) is 18.1 Å². The zero-order chi connectivity index (χ0) is 12.7. The fourth-order valence-corrected chi connectivity index (χ4v) is 1.17. The summed E-state index contributed by atoms with van der Waals surface area (Å²) in [5.74, 6) is 0.923. The topological polar surface area (TPSA) is 81.2 Å². The van der Waals surface area contributed by atoms with Gasteiger partial charge in [-0.25, -0.2) is 4.98 Å². The normalized spacial score (nSPS) is 10.5. The first-order chi connectivity index (χ1) is 8.09. The lowest BCUT2D eigenvalue weighted by molar-refractivity contribution is 0.0806. The van der Waals surface area contributed by atoms with Crippen LogP contribution in [0.4, 0.5) is 0 Å². The van der Waals surface area contributed by atoms with Gasteiger partial charge in [0.05, 0.1) is 6.61 Å². The van der Waals surface area contributed by atoms with Gasteiger partial charge in [0.2, 0.25) is 5.88 Å². The Hall–Kier alpha value is -1.62. The molecule has 1 heterocycles. The number of nitrogens with two attached hydrogens (primary N) is 1. The summed E-state index contributed by atoms with van der Waals surface area (Å²) in [4.78, 5) is 4.08. The van der Waals surface area contributed by atoms with E-state index in [1.165, 1.54) is 0 Å². The summed E-state index contributed by atoms with van der Waals surface area (Å²) in [6, 6.07) is 5.16. The van der Waals surface area contributed by atoms with E-state index in [2.05, 4.69) is 18.8 Å². The van der Waals surface area contributed by atoms with Crippen molar-refractivity contribution in [2.75, 3.05) is 19.8 Å². The second kappa shape index (κ2) is 6.85. The molecule has 0 radical (unpaired) electrons. The third-order valence-corrected chi connectivity index (χ3v) is 1.93. The highest BCUT2D eigenvalue weighted by Gasteiger charge is 2.01. The number of hydrogen-bond acceptors (Lipinski definition) is 4. The fourth-order valence-electron chi connectivity index (χ4n) is 1.17. The van der Waals surface area contributed by atoms with Crippen LogP contribution in [0.2, 0.25) is 0 Å². The van der Waals surface area contributed by atoms with Crippen molar-refractivity contribution < 1.29 is 9.47 Å². The van der Waals surface area contributed by atoms with Gasteiger partial charge in [-0.05, 0) is 12.0 Å². The Morgan fingerprint density at radius 3 is 2.82 bits per heavy atom. The van der Waals surface area contributed by atoms with Gasteiger partial charge in [0, 0.05) is 12.7 Å². The average Bonchev–Trinajstić information content (AvgIpc) is 2.28. The second-order valence-corrected chi connectivity index (χ2v) is 4.09. The molecule has 17 heavy (non-hydrogen) atoms. The van der Waals surface area contributed by atoms with Crippen LogP contribution in [0.25, 0.3) is 0 Å². The van der Waals surface area contributed by atoms with Crippen LogP contribution in [0, 0.1) is 11.3 Å². The molecule has 5 heteroatoms. The summed E-state index contributed by atoms with van der Waals surface area (Å²) in [6.07, 6.45) is 0. The van der Waals surface area contributed by atoms with Crippen LogP contribution in [0.5, 0.6) is 5.88 Å². The van der Waals surface area contributed by atoms with Gasteiger partial charge in [0.25, 0.3) is 0 Å². The number of amidine groups is 1. The van der Waals surface area contributed by atoms with Crippen molar-refractivity contribution in [2.24, 2.45) is 11.7 Å². The fraction of sp³-hybridized carbons (Fsp3) is 0.500. The van der Waals surface area contributed by atoms with Crippen molar-refractivity contribution in [1.29, 1.82) is 5.41 Å². The Balaban J connectivity index is 2.31. The Morgan fingerprint density at radius 2 is 2.18 bits per heavy atom. The zero-order valence-corrected chi connectivity index (χ0v) is 10.3. The summed E-state index contributed by atoms with van der Waals surface area (Å²) >= 11 is 0. The van der Waals surface area contributed by atoms with Crippen LogP contribution in [0.3, 0.4) is 0 Å². The molecule has 1 aromatic rings. The number of hydrogen-bond donors (Lipinski definition) is 2. The molecule has 5 nitrogen and oxygen atoms in total. The molecular weight excluding hydrogens is 218 g/mol. The lowest BCUT2D eigenvalue weighted by atomic mass is 10.2. The molecule has 0 fully saturated rings. The van der Waals surface area contributed by atoms with E-state index in [-0.39, 0.29) is 5.84 Å². The quantitative estimate of drug-likeness (QED) is 0.427. The third kappa shape index (κ3) is 5.31. The molecule has 0 unspecified atom stereocenters. The van der Waals surface area contributed by atoms with Gasteiger partial charge in [-0.15, -0.1) is 0 Å². The number of aromatic nitrogens is 1. The van der Waals surface area contributed by atoms with Crippen LogP contribution < -0.4 is 10.5 Å². The van der Waals surface area contributed by atoms with Crippen molar-refractivity contribution >= 4 is 5.84 Å². The van der Waals surface area contributed by atoms with Crippen LogP contribution in [-0.2, 0) is 4.74 Å². The SMILES string of the molecule is CC(C)COCCOc1cccc(C(=N)N)n1. The second-order valence-electron chi connectivity index (χ2n) is 4.09. The lowest BCUT2D eigenvalue weighted by Crippen LogP contribution is -2.14. The predicted octanol–water partition coefficient (Wildman–Crippen LogP) is 1.42. The van der Waals surface area contributed by atoms with E-state index >= 15 is 0 Å². The summed E-state index contributed by atoms with van der Waals surface area (Å²) in [5, 5.41) is 7.26. The first-order valence-electron chi connectivity index (χ1n) is 5.61. The summed E-state index contributed by atoms with van der Waals surface area (Å²) in [5.41, 5.74) is 5.75. The molecule has 0 bridgehead atoms. The average molecular weight is 237 g/mol. The highest BCUT2D eigenvalue weighted by molar-refractivity contribution is 5.93. The minimum atomic E-state index is -0.0634. The van der Waals surface area contributed by atoms with E-state index in [0.717, 1.165) is 6.61 Å². The minimum absolute atomic E-state index is 0.0634. The molecule has 94 valence electrons. The maximum atomic E-state index is 7.26. The Kier molecular flexibility index (Phi) is 5.42. The molecule has 0 saturated carbocycles. The molecule has 0 atom stereocenters. The maximum Gasteiger partial charge on any atom is 0.213 e. The Labute approximate surface area is 101 Å². The van der Waals surface area contributed by atoms with E-state index in [1.54, 1.807) is 18.2 Å². The van der Waals surface area contributed by atoms with Crippen molar-refractivity contribution in [1.82, 2.24) is 4.98 Å². The molecule has 0 spiro atoms. The smallest absolute Gasteiger partial charge is 0.213 e. The number of ether oxygens (including phenoxy) is 2. The van der Waals surface area contributed by atoms with Crippen LogP contribution in [0.15, 0.2) is 18.2 Å². The number of nitrogen functional groups attached to an aromatic ring is 1. The molecule has 0 amide bonds. The van der Waals surface area contributed by atoms with Gasteiger partial charge < -0.3 is 15.2 Å². The van der Waals surface area contributed by atoms with Gasteiger partial charge in [-0.2, -0.15) is 0 Å². The standard InChI is InChI=1S/C12H19N3O2/c1-9(2)8-16-6-7-17-11-5-3-4-10(15-11)12(13)14/h3-5,9H,6-8H2,1-2H3,(H3,13,14). The van der Waals surface area contributed by atoms with Gasteiger partial charge >= 0.3 is 0 Å². The summed E-state index contributed by atoms with van der Waals surface area (Å²) in [6.45, 7) is 5.90. The van der Waals surface area contributed by atoms with E-state index in [0.29, 0.717) is 30.7 Å². The molecule has 1 aromatic heterocycles. The highest BCUT2D eigenvalue weighted by Crippen LogP contribution is 2.06. The van der Waals surface area contributed by atoms with E-state index in [4.69, 9.17) is 20.6 Å². The number of pyridine rings is 1. The molecule has 0 aliphatic rings. The van der Waals surface area contributed by atoms with Crippen LogP contribution >= 0.6 is 0 Å². The zero-order valence-electron chi connectivity index (χ0n) is 10.3. The number of nitrogens with one attached hydrogen (secondary N) is 1. The molecule has 0 aromatic carbocycles. The number of nitrogens with zero attached hydrogens (tertiary/aromatic N) is 1. The molecule has 0 aliphatic heterocycles. The molecule has 0 aliphatic carbocycles. The Bertz CT molecular complexity index is 367. The number of rotatable bonds is 7. The van der Waals surface area contributed by atoms with Gasteiger partial charge in [0.15, 0.2) is 0 Å². The van der Waals surface area contributed by atoms with Crippen molar-refractivity contribution in [2.45, 2.75) is 13.8 Å². The lowest BCUT2D eigenvalue weighted by Gasteiger charge is -2.08. The van der Waals surface area contributed by atoms with Crippen LogP contribution in [0.1, 0.15) is 19.5 Å². The van der Waals surface area contributed by atoms with Crippen molar-refractivity contribution in [3.8, 4) is 5.88 Å². The largest absolute Gasteiger partial charge is 0.475 e. The van der Waals surface area contributed by atoms with E-state index in [9.17, 15) is 0 Å². The van der Waals surface area contributed by atoms with E-state index < -0.39 is 0 Å². The van der Waals surface area contributed by atoms with Gasteiger partial charge in [-0.1, -0.05) is 19.9 Å². The molecular formula is C12H19N3O2. The molecule has 0 saturated heterocycles. The first-order valence-corrected chi connectivity index (χ1v) is 5.61. The van der Waals surface area contributed by atoms with Gasteiger partial charge in [-0.3, -0.25) is 5.41 Å². The van der Waals surface area contributed by atoms with Crippen molar-refractivity contribution in [3.05, 3.63) is 23.9 Å². The monoisotopic (exact) mass is 237 g/mol. The summed E-state index contributed by atoms with van der Waals surface area (Å²) < 4.78 is 10.8.